The van der Waals surface area contributed by atoms with E-state index in [2.05, 4.69) is 48.3 Å². The number of hydrogen-bond acceptors (Lipinski definition) is 3. The molecule has 24 heavy (non-hydrogen) atoms. The molecule has 0 aliphatic heterocycles. The second-order valence-corrected chi connectivity index (χ2v) is 5.69. The lowest BCUT2D eigenvalue weighted by atomic mass is 10.1. The van der Waals surface area contributed by atoms with E-state index in [0.29, 0.717) is 12.1 Å². The van der Waals surface area contributed by atoms with E-state index >= 15 is 0 Å². The predicted molar refractivity (Wildman–Crippen MR) is 97.2 cm³/mol. The highest BCUT2D eigenvalue weighted by atomic mass is 16.5. The Kier molecular flexibility index (Phi) is 6.82. The smallest absolute Gasteiger partial charge is 0.251 e. The summed E-state index contributed by atoms with van der Waals surface area (Å²) in [7, 11) is 1.61. The number of carbonyl (C=O) groups excluding carboxylic acids is 1. The highest BCUT2D eigenvalue weighted by Crippen LogP contribution is 2.12. The van der Waals surface area contributed by atoms with E-state index in [1.165, 1.54) is 5.56 Å². The average Bonchev–Trinajstić information content (AvgIpc) is 2.65. The number of nitrogens with zero attached hydrogens (tertiary/aromatic N) is 1. The van der Waals surface area contributed by atoms with Crippen molar-refractivity contribution in [1.29, 1.82) is 0 Å². The quantitative estimate of drug-likeness (QED) is 0.807. The standard InChI is InChI=1S/C20H26N2O2/c1-4-22(5-2)15-17-8-6-16(7-9-17)14-21-20(23)18-10-12-19(24-3)13-11-18/h6-13H,4-5,14-15H2,1-3H3,(H,21,23). The maximum atomic E-state index is 12.1. The number of rotatable bonds is 8. The van der Waals surface area contributed by atoms with Crippen LogP contribution in [0, 0.1) is 0 Å². The third kappa shape index (κ3) is 5.10. The molecule has 1 N–H and O–H groups in total. The van der Waals surface area contributed by atoms with Gasteiger partial charge < -0.3 is 10.1 Å². The van der Waals surface area contributed by atoms with Crippen molar-refractivity contribution in [3.63, 3.8) is 0 Å². The van der Waals surface area contributed by atoms with Gasteiger partial charge in [0.15, 0.2) is 0 Å². The van der Waals surface area contributed by atoms with Gasteiger partial charge in [-0.25, -0.2) is 0 Å². The number of carbonyl (C=O) groups is 1. The zero-order chi connectivity index (χ0) is 17.4. The van der Waals surface area contributed by atoms with Crippen molar-refractivity contribution in [1.82, 2.24) is 10.2 Å². The van der Waals surface area contributed by atoms with Crippen molar-refractivity contribution in [2.75, 3.05) is 20.2 Å². The van der Waals surface area contributed by atoms with Gasteiger partial charge in [0.2, 0.25) is 0 Å². The van der Waals surface area contributed by atoms with Gasteiger partial charge in [-0.3, -0.25) is 9.69 Å². The Bertz CT molecular complexity index is 632. The minimum absolute atomic E-state index is 0.0788. The van der Waals surface area contributed by atoms with Gasteiger partial charge in [0, 0.05) is 18.7 Å². The van der Waals surface area contributed by atoms with Crippen LogP contribution in [-0.4, -0.2) is 31.0 Å². The van der Waals surface area contributed by atoms with Crippen LogP contribution < -0.4 is 10.1 Å². The fraction of sp³-hybridized carbons (Fsp3) is 0.350. The molecule has 0 aliphatic rings. The molecule has 0 aromatic heterocycles. The molecular formula is C20H26N2O2. The molecular weight excluding hydrogens is 300 g/mol. The first kappa shape index (κ1) is 18.0. The molecule has 2 aromatic carbocycles. The van der Waals surface area contributed by atoms with Gasteiger partial charge in [-0.05, 0) is 48.5 Å². The number of hydrogen-bond donors (Lipinski definition) is 1. The van der Waals surface area contributed by atoms with Crippen molar-refractivity contribution < 1.29 is 9.53 Å². The first-order chi connectivity index (χ1) is 11.7. The number of amides is 1. The normalized spacial score (nSPS) is 10.7. The van der Waals surface area contributed by atoms with E-state index in [9.17, 15) is 4.79 Å². The predicted octanol–water partition coefficient (Wildman–Crippen LogP) is 3.47. The molecule has 0 unspecified atom stereocenters. The first-order valence-corrected chi connectivity index (χ1v) is 8.38. The minimum Gasteiger partial charge on any atom is -0.497 e. The molecule has 2 rings (SSSR count). The number of benzene rings is 2. The highest BCUT2D eigenvalue weighted by Gasteiger charge is 2.06. The van der Waals surface area contributed by atoms with Crippen molar-refractivity contribution >= 4 is 5.91 Å². The molecule has 1 amide bonds. The summed E-state index contributed by atoms with van der Waals surface area (Å²) in [6, 6.07) is 15.5. The van der Waals surface area contributed by atoms with E-state index < -0.39 is 0 Å². The van der Waals surface area contributed by atoms with Crippen LogP contribution in [0.5, 0.6) is 5.75 Å². The summed E-state index contributed by atoms with van der Waals surface area (Å²) < 4.78 is 5.10. The SMILES string of the molecule is CCN(CC)Cc1ccc(CNC(=O)c2ccc(OC)cc2)cc1. The zero-order valence-corrected chi connectivity index (χ0v) is 14.7. The Hall–Kier alpha value is -2.33. The van der Waals surface area contributed by atoms with E-state index in [-0.39, 0.29) is 5.91 Å². The molecule has 128 valence electrons. The fourth-order valence-electron chi connectivity index (χ4n) is 2.49. The topological polar surface area (TPSA) is 41.6 Å². The lowest BCUT2D eigenvalue weighted by molar-refractivity contribution is 0.0951. The molecule has 0 saturated carbocycles. The number of nitrogens with one attached hydrogen (secondary N) is 1. The molecule has 0 atom stereocenters. The van der Waals surface area contributed by atoms with Crippen molar-refractivity contribution in [3.05, 3.63) is 65.2 Å². The molecule has 0 bridgehead atoms. The van der Waals surface area contributed by atoms with Gasteiger partial charge in [-0.1, -0.05) is 38.1 Å². The molecule has 0 spiro atoms. The van der Waals surface area contributed by atoms with Gasteiger partial charge in [-0.2, -0.15) is 0 Å². The lowest BCUT2D eigenvalue weighted by Crippen LogP contribution is -2.23. The molecule has 0 saturated heterocycles. The van der Waals surface area contributed by atoms with Crippen LogP contribution >= 0.6 is 0 Å². The van der Waals surface area contributed by atoms with E-state index in [0.717, 1.165) is 30.9 Å². The second kappa shape index (κ2) is 9.08. The molecule has 0 heterocycles. The third-order valence-corrected chi connectivity index (χ3v) is 4.13. The summed E-state index contributed by atoms with van der Waals surface area (Å²) in [5.74, 6) is 0.667. The molecule has 4 nitrogen and oxygen atoms in total. The van der Waals surface area contributed by atoms with Crippen LogP contribution in [0.4, 0.5) is 0 Å². The Morgan fingerprint density at radius 3 is 2.08 bits per heavy atom. The van der Waals surface area contributed by atoms with Crippen LogP contribution in [0.1, 0.15) is 35.3 Å². The van der Waals surface area contributed by atoms with Crippen LogP contribution in [-0.2, 0) is 13.1 Å². The minimum atomic E-state index is -0.0788. The summed E-state index contributed by atoms with van der Waals surface area (Å²) in [5, 5.41) is 2.95. The molecule has 0 aliphatic carbocycles. The van der Waals surface area contributed by atoms with Crippen LogP contribution in [0.25, 0.3) is 0 Å². The highest BCUT2D eigenvalue weighted by molar-refractivity contribution is 5.94. The number of methoxy groups -OCH3 is 1. The van der Waals surface area contributed by atoms with Crippen molar-refractivity contribution in [2.24, 2.45) is 0 Å². The molecule has 2 aromatic rings. The monoisotopic (exact) mass is 326 g/mol. The summed E-state index contributed by atoms with van der Waals surface area (Å²) in [5.41, 5.74) is 3.03. The summed E-state index contributed by atoms with van der Waals surface area (Å²) >= 11 is 0. The maximum Gasteiger partial charge on any atom is 0.251 e. The van der Waals surface area contributed by atoms with Gasteiger partial charge in [0.25, 0.3) is 5.91 Å². The van der Waals surface area contributed by atoms with Gasteiger partial charge in [0.05, 0.1) is 7.11 Å². The average molecular weight is 326 g/mol. The van der Waals surface area contributed by atoms with E-state index in [1.54, 1.807) is 31.4 Å². The Labute approximate surface area is 144 Å². The van der Waals surface area contributed by atoms with E-state index in [4.69, 9.17) is 4.74 Å². The Morgan fingerprint density at radius 2 is 1.54 bits per heavy atom. The number of ether oxygens (including phenoxy) is 1. The molecule has 4 heteroatoms. The Morgan fingerprint density at radius 1 is 0.958 bits per heavy atom. The molecule has 0 radical (unpaired) electrons. The van der Waals surface area contributed by atoms with Gasteiger partial charge in [-0.15, -0.1) is 0 Å². The van der Waals surface area contributed by atoms with Crippen LogP contribution in [0.2, 0.25) is 0 Å². The molecule has 0 fully saturated rings. The first-order valence-electron chi connectivity index (χ1n) is 8.38. The summed E-state index contributed by atoms with van der Waals surface area (Å²) in [4.78, 5) is 14.5. The lowest BCUT2D eigenvalue weighted by Gasteiger charge is -2.18. The van der Waals surface area contributed by atoms with Gasteiger partial charge >= 0.3 is 0 Å². The zero-order valence-electron chi connectivity index (χ0n) is 14.7. The third-order valence-electron chi connectivity index (χ3n) is 4.13. The van der Waals surface area contributed by atoms with Crippen LogP contribution in [0.15, 0.2) is 48.5 Å². The Balaban J connectivity index is 1.88. The second-order valence-electron chi connectivity index (χ2n) is 5.69. The summed E-state index contributed by atoms with van der Waals surface area (Å²) in [6.07, 6.45) is 0. The van der Waals surface area contributed by atoms with Gasteiger partial charge in [0.1, 0.15) is 5.75 Å². The van der Waals surface area contributed by atoms with Crippen molar-refractivity contribution in [3.8, 4) is 5.75 Å². The fourth-order valence-corrected chi connectivity index (χ4v) is 2.49. The maximum absolute atomic E-state index is 12.1. The summed E-state index contributed by atoms with van der Waals surface area (Å²) in [6.45, 7) is 7.94. The largest absolute Gasteiger partial charge is 0.497 e. The van der Waals surface area contributed by atoms with E-state index in [1.807, 2.05) is 0 Å². The van der Waals surface area contributed by atoms with Crippen LogP contribution in [0.3, 0.4) is 0 Å². The van der Waals surface area contributed by atoms with Crippen molar-refractivity contribution in [2.45, 2.75) is 26.9 Å².